The molecule has 0 fully saturated rings. The molecule has 2 heterocycles. The lowest BCUT2D eigenvalue weighted by Gasteiger charge is -2.19. The first kappa shape index (κ1) is 13.8. The summed E-state index contributed by atoms with van der Waals surface area (Å²) in [5.74, 6) is -0.0683. The van der Waals surface area contributed by atoms with E-state index in [0.29, 0.717) is 12.2 Å². The Kier molecular flexibility index (Phi) is 3.51. The monoisotopic (exact) mass is 284 g/mol. The summed E-state index contributed by atoms with van der Waals surface area (Å²) in [6.45, 7) is 5.70. The van der Waals surface area contributed by atoms with Gasteiger partial charge >= 0.3 is 0 Å². The quantitative estimate of drug-likeness (QED) is 0.886. The number of nitrogens with zero attached hydrogens (tertiary/aromatic N) is 2. The Morgan fingerprint density at radius 3 is 2.67 bits per heavy atom. The molecule has 110 valence electrons. The Hall–Kier alpha value is -2.14. The second-order valence-electron chi connectivity index (χ2n) is 5.67. The zero-order chi connectivity index (χ0) is 15.0. The molecule has 1 amide bonds. The van der Waals surface area contributed by atoms with Gasteiger partial charge in [0.2, 0.25) is 0 Å². The van der Waals surface area contributed by atoms with E-state index >= 15 is 0 Å². The number of carbonyl (C=O) groups excluding carboxylic acids is 1. The number of fused-ring (bicyclic) bond motifs is 1. The van der Waals surface area contributed by atoms with Crippen LogP contribution >= 0.6 is 0 Å². The van der Waals surface area contributed by atoms with E-state index in [4.69, 9.17) is 0 Å². The maximum absolute atomic E-state index is 12.7. The van der Waals surface area contributed by atoms with Crippen molar-refractivity contribution in [1.82, 2.24) is 15.5 Å². The second-order valence-corrected chi connectivity index (χ2v) is 5.67. The van der Waals surface area contributed by atoms with E-state index in [2.05, 4.69) is 21.6 Å². The molecule has 1 aliphatic rings. The van der Waals surface area contributed by atoms with Gasteiger partial charge in [-0.2, -0.15) is 5.10 Å². The van der Waals surface area contributed by atoms with Gasteiger partial charge < -0.3 is 10.2 Å². The van der Waals surface area contributed by atoms with Crippen LogP contribution in [0.25, 0.3) is 0 Å². The van der Waals surface area contributed by atoms with Crippen molar-refractivity contribution in [2.75, 3.05) is 18.5 Å². The van der Waals surface area contributed by atoms with Gasteiger partial charge in [0.25, 0.3) is 5.91 Å². The first-order valence-corrected chi connectivity index (χ1v) is 7.19. The highest BCUT2D eigenvalue weighted by molar-refractivity contribution is 6.05. The highest BCUT2D eigenvalue weighted by atomic mass is 16.2. The number of anilines is 1. The summed E-state index contributed by atoms with van der Waals surface area (Å²) >= 11 is 0. The number of rotatable bonds is 2. The van der Waals surface area contributed by atoms with Crippen molar-refractivity contribution in [3.05, 3.63) is 46.3 Å². The average molecular weight is 284 g/mol. The van der Waals surface area contributed by atoms with Gasteiger partial charge in [0.05, 0.1) is 0 Å². The molecule has 1 aromatic carbocycles. The molecule has 0 radical (unpaired) electrons. The molecular formula is C16H20N4O. The Morgan fingerprint density at radius 1 is 1.24 bits per heavy atom. The van der Waals surface area contributed by atoms with Gasteiger partial charge in [-0.05, 0) is 37.1 Å². The van der Waals surface area contributed by atoms with Crippen molar-refractivity contribution in [3.8, 4) is 0 Å². The zero-order valence-electron chi connectivity index (χ0n) is 12.7. The molecule has 0 aliphatic carbocycles. The summed E-state index contributed by atoms with van der Waals surface area (Å²) in [5.41, 5.74) is 5.80. The van der Waals surface area contributed by atoms with E-state index in [0.717, 1.165) is 41.0 Å². The molecular weight excluding hydrogens is 264 g/mol. The second kappa shape index (κ2) is 5.33. The van der Waals surface area contributed by atoms with Gasteiger partial charge in [-0.1, -0.05) is 6.07 Å². The fraction of sp³-hybridized carbons (Fsp3) is 0.375. The fourth-order valence-corrected chi connectivity index (χ4v) is 2.82. The first-order chi connectivity index (χ1) is 10.1. The molecule has 5 nitrogen and oxygen atoms in total. The molecule has 2 aromatic rings. The van der Waals surface area contributed by atoms with Crippen molar-refractivity contribution < 1.29 is 4.79 Å². The van der Waals surface area contributed by atoms with Crippen molar-refractivity contribution in [2.45, 2.75) is 26.8 Å². The molecule has 0 saturated heterocycles. The molecule has 21 heavy (non-hydrogen) atoms. The molecule has 3 rings (SSSR count). The summed E-state index contributed by atoms with van der Waals surface area (Å²) in [7, 11) is 1.80. The molecule has 0 atom stereocenters. The van der Waals surface area contributed by atoms with Crippen LogP contribution in [0.5, 0.6) is 0 Å². The molecule has 0 spiro atoms. The normalized spacial score (nSPS) is 13.9. The van der Waals surface area contributed by atoms with Crippen LogP contribution in [0.2, 0.25) is 0 Å². The number of carbonyl (C=O) groups is 1. The van der Waals surface area contributed by atoms with Gasteiger partial charge in [0.1, 0.15) is 0 Å². The lowest BCUT2D eigenvalue weighted by atomic mass is 10.1. The summed E-state index contributed by atoms with van der Waals surface area (Å²) in [6.07, 6.45) is 0.892. The number of aryl methyl sites for hydroxylation is 2. The van der Waals surface area contributed by atoms with Gasteiger partial charge in [-0.25, -0.2) is 0 Å². The van der Waals surface area contributed by atoms with Crippen LogP contribution in [0.3, 0.4) is 0 Å². The first-order valence-electron chi connectivity index (χ1n) is 7.19. The molecule has 0 bridgehead atoms. The predicted molar refractivity (Wildman–Crippen MR) is 82.6 cm³/mol. The van der Waals surface area contributed by atoms with E-state index < -0.39 is 0 Å². The summed E-state index contributed by atoms with van der Waals surface area (Å²) in [6, 6.07) is 6.13. The summed E-state index contributed by atoms with van der Waals surface area (Å²) in [4.78, 5) is 14.4. The van der Waals surface area contributed by atoms with Gasteiger partial charge in [0.15, 0.2) is 5.69 Å². The van der Waals surface area contributed by atoms with Crippen LogP contribution in [0, 0.1) is 13.8 Å². The standard InChI is InChI=1S/C16H20N4O/c1-10-6-11(2)8-12(7-10)20(3)16(21)15-13-9-17-5-4-14(13)18-19-15/h6-8,17H,4-5,9H2,1-3H3,(H,18,19). The van der Waals surface area contributed by atoms with E-state index in [1.165, 1.54) is 0 Å². The topological polar surface area (TPSA) is 61.0 Å². The Labute approximate surface area is 124 Å². The minimum Gasteiger partial charge on any atom is -0.312 e. The number of aromatic amines is 1. The lowest BCUT2D eigenvalue weighted by Crippen LogP contribution is -2.30. The van der Waals surface area contributed by atoms with Gasteiger partial charge in [-0.15, -0.1) is 0 Å². The zero-order valence-corrected chi connectivity index (χ0v) is 12.7. The van der Waals surface area contributed by atoms with Crippen molar-refractivity contribution in [1.29, 1.82) is 0 Å². The molecule has 5 heteroatoms. The van der Waals surface area contributed by atoms with Crippen molar-refractivity contribution in [2.24, 2.45) is 0 Å². The number of amides is 1. The number of H-pyrrole nitrogens is 1. The SMILES string of the molecule is Cc1cc(C)cc(N(C)C(=O)c2n[nH]c3c2CNCC3)c1. The minimum absolute atomic E-state index is 0.0683. The predicted octanol–water partition coefficient (Wildman–Crippen LogP) is 1.95. The number of hydrogen-bond donors (Lipinski definition) is 2. The van der Waals surface area contributed by atoms with E-state index in [1.807, 2.05) is 26.0 Å². The number of nitrogens with one attached hydrogen (secondary N) is 2. The fourth-order valence-electron chi connectivity index (χ4n) is 2.82. The Bertz CT molecular complexity index is 669. The van der Waals surface area contributed by atoms with Gasteiger partial charge in [0, 0.05) is 43.5 Å². The van der Waals surface area contributed by atoms with E-state index in [1.54, 1.807) is 11.9 Å². The third kappa shape index (κ3) is 2.56. The Balaban J connectivity index is 1.92. The van der Waals surface area contributed by atoms with E-state index in [-0.39, 0.29) is 5.91 Å². The van der Waals surface area contributed by atoms with Crippen LogP contribution in [0.15, 0.2) is 18.2 Å². The van der Waals surface area contributed by atoms with Crippen LogP contribution in [0.1, 0.15) is 32.9 Å². The molecule has 2 N–H and O–H groups in total. The number of aromatic nitrogens is 2. The van der Waals surface area contributed by atoms with E-state index in [9.17, 15) is 4.79 Å². The van der Waals surface area contributed by atoms with Crippen LogP contribution < -0.4 is 10.2 Å². The Morgan fingerprint density at radius 2 is 1.95 bits per heavy atom. The summed E-state index contributed by atoms with van der Waals surface area (Å²) in [5, 5.41) is 10.5. The van der Waals surface area contributed by atoms with Gasteiger partial charge in [-0.3, -0.25) is 9.89 Å². The maximum Gasteiger partial charge on any atom is 0.278 e. The molecule has 0 unspecified atom stereocenters. The third-order valence-corrected chi connectivity index (χ3v) is 3.91. The largest absolute Gasteiger partial charge is 0.312 e. The molecule has 0 saturated carbocycles. The summed E-state index contributed by atoms with van der Waals surface area (Å²) < 4.78 is 0. The minimum atomic E-state index is -0.0683. The number of benzene rings is 1. The average Bonchev–Trinajstić information content (AvgIpc) is 2.88. The highest BCUT2D eigenvalue weighted by Crippen LogP contribution is 2.22. The molecule has 1 aromatic heterocycles. The maximum atomic E-state index is 12.7. The lowest BCUT2D eigenvalue weighted by molar-refractivity contribution is 0.0987. The van der Waals surface area contributed by atoms with Crippen LogP contribution in [0.4, 0.5) is 5.69 Å². The van der Waals surface area contributed by atoms with Crippen molar-refractivity contribution in [3.63, 3.8) is 0 Å². The smallest absolute Gasteiger partial charge is 0.278 e. The van der Waals surface area contributed by atoms with Crippen LogP contribution in [-0.2, 0) is 13.0 Å². The van der Waals surface area contributed by atoms with Crippen LogP contribution in [-0.4, -0.2) is 29.7 Å². The number of hydrogen-bond acceptors (Lipinski definition) is 3. The van der Waals surface area contributed by atoms with Crippen molar-refractivity contribution >= 4 is 11.6 Å². The highest BCUT2D eigenvalue weighted by Gasteiger charge is 2.24. The molecule has 1 aliphatic heterocycles. The third-order valence-electron chi connectivity index (χ3n) is 3.91.